The van der Waals surface area contributed by atoms with E-state index in [0.29, 0.717) is 16.8 Å². The van der Waals surface area contributed by atoms with E-state index in [1.165, 1.54) is 0 Å². The van der Waals surface area contributed by atoms with E-state index in [9.17, 15) is 13.2 Å². The molecule has 0 bridgehead atoms. The molecule has 0 aliphatic heterocycles. The van der Waals surface area contributed by atoms with Gasteiger partial charge in [0.15, 0.2) is 5.58 Å². The third-order valence-electron chi connectivity index (χ3n) is 2.32. The van der Waals surface area contributed by atoms with Crippen LogP contribution in [0, 0.1) is 0 Å². The van der Waals surface area contributed by atoms with Crippen LogP contribution in [-0.4, -0.2) is 17.7 Å². The molecule has 1 heterocycles. The summed E-state index contributed by atoms with van der Waals surface area (Å²) in [5, 5.41) is 2.71. The molecule has 0 aliphatic rings. The van der Waals surface area contributed by atoms with Crippen molar-refractivity contribution in [2.45, 2.75) is 19.0 Å². The molecular weight excluding hydrogens is 247 g/mol. The molecule has 0 saturated carbocycles. The maximum atomic E-state index is 11.9. The highest BCUT2D eigenvalue weighted by Gasteiger charge is 2.25. The number of halogens is 3. The zero-order valence-corrected chi connectivity index (χ0v) is 9.42. The number of aromatic nitrogens is 1. The summed E-state index contributed by atoms with van der Waals surface area (Å²) in [6.45, 7) is 0.155. The average Bonchev–Trinajstić information content (AvgIpc) is 2.65. The van der Waals surface area contributed by atoms with Crippen molar-refractivity contribution < 1.29 is 17.6 Å². The van der Waals surface area contributed by atoms with Crippen LogP contribution in [0.5, 0.6) is 0 Å². The Morgan fingerprint density at radius 1 is 1.33 bits per heavy atom. The van der Waals surface area contributed by atoms with Crippen molar-refractivity contribution in [1.29, 1.82) is 0 Å². The zero-order valence-electron chi connectivity index (χ0n) is 9.42. The maximum absolute atomic E-state index is 11.9. The van der Waals surface area contributed by atoms with Gasteiger partial charge in [-0.15, -0.1) is 0 Å². The SMILES string of the molecule is Nc1ccc2oc(NCCCC(F)(F)F)nc2c1. The van der Waals surface area contributed by atoms with Gasteiger partial charge in [0.05, 0.1) is 0 Å². The molecule has 2 rings (SSSR count). The fraction of sp³-hybridized carbons (Fsp3) is 0.364. The van der Waals surface area contributed by atoms with Crippen molar-refractivity contribution >= 4 is 22.8 Å². The summed E-state index contributed by atoms with van der Waals surface area (Å²) in [5.74, 6) is 0. The minimum Gasteiger partial charge on any atom is -0.424 e. The summed E-state index contributed by atoms with van der Waals surface area (Å²) >= 11 is 0. The number of nitrogens with zero attached hydrogens (tertiary/aromatic N) is 1. The van der Waals surface area contributed by atoms with E-state index in [1.54, 1.807) is 18.2 Å². The molecule has 4 nitrogen and oxygen atoms in total. The Hall–Kier alpha value is -1.92. The maximum Gasteiger partial charge on any atom is 0.389 e. The second kappa shape index (κ2) is 4.75. The van der Waals surface area contributed by atoms with Crippen LogP contribution >= 0.6 is 0 Å². The third-order valence-corrected chi connectivity index (χ3v) is 2.32. The van der Waals surface area contributed by atoms with Crippen LogP contribution in [0.1, 0.15) is 12.8 Å². The van der Waals surface area contributed by atoms with E-state index in [2.05, 4.69) is 10.3 Å². The second-order valence-corrected chi connectivity index (χ2v) is 3.89. The third kappa shape index (κ3) is 3.28. The second-order valence-electron chi connectivity index (χ2n) is 3.89. The molecule has 0 aliphatic carbocycles. The molecule has 0 unspecified atom stereocenters. The molecule has 1 aromatic heterocycles. The fourth-order valence-electron chi connectivity index (χ4n) is 1.50. The minimum atomic E-state index is -4.13. The van der Waals surface area contributed by atoms with Gasteiger partial charge in [0.25, 0.3) is 6.01 Å². The van der Waals surface area contributed by atoms with Gasteiger partial charge in [0.1, 0.15) is 5.52 Å². The van der Waals surface area contributed by atoms with Gasteiger partial charge in [0, 0.05) is 18.7 Å². The Bertz CT molecular complexity index is 536. The number of benzene rings is 1. The van der Waals surface area contributed by atoms with Gasteiger partial charge in [-0.3, -0.25) is 0 Å². The molecular formula is C11H12F3N3O. The predicted octanol–water partition coefficient (Wildman–Crippen LogP) is 3.16. The van der Waals surface area contributed by atoms with Crippen molar-refractivity contribution in [2.24, 2.45) is 0 Å². The molecule has 1 aromatic carbocycles. The van der Waals surface area contributed by atoms with Gasteiger partial charge < -0.3 is 15.5 Å². The highest BCUT2D eigenvalue weighted by Crippen LogP contribution is 2.23. The highest BCUT2D eigenvalue weighted by atomic mass is 19.4. The van der Waals surface area contributed by atoms with Gasteiger partial charge in [-0.1, -0.05) is 0 Å². The van der Waals surface area contributed by atoms with E-state index in [4.69, 9.17) is 10.2 Å². The number of nitrogen functional groups attached to an aromatic ring is 1. The number of alkyl halides is 3. The molecule has 2 aromatic rings. The lowest BCUT2D eigenvalue weighted by molar-refractivity contribution is -0.134. The molecule has 0 atom stereocenters. The lowest BCUT2D eigenvalue weighted by Crippen LogP contribution is -2.10. The van der Waals surface area contributed by atoms with E-state index >= 15 is 0 Å². The van der Waals surface area contributed by atoms with Gasteiger partial charge in [0.2, 0.25) is 0 Å². The molecule has 0 amide bonds. The van der Waals surface area contributed by atoms with Crippen LogP contribution in [0.3, 0.4) is 0 Å². The lowest BCUT2D eigenvalue weighted by atomic mass is 10.3. The van der Waals surface area contributed by atoms with Crippen molar-refractivity contribution in [3.63, 3.8) is 0 Å². The first kappa shape index (κ1) is 12.5. The normalized spacial score (nSPS) is 11.9. The molecule has 0 radical (unpaired) electrons. The number of anilines is 2. The van der Waals surface area contributed by atoms with Crippen molar-refractivity contribution in [1.82, 2.24) is 4.98 Å². The van der Waals surface area contributed by atoms with Crippen molar-refractivity contribution in [3.05, 3.63) is 18.2 Å². The first-order valence-corrected chi connectivity index (χ1v) is 5.41. The summed E-state index contributed by atoms with van der Waals surface area (Å²) in [5.41, 5.74) is 7.25. The van der Waals surface area contributed by atoms with Gasteiger partial charge in [-0.05, 0) is 24.6 Å². The van der Waals surface area contributed by atoms with Crippen LogP contribution in [0.2, 0.25) is 0 Å². The average molecular weight is 259 g/mol. The number of nitrogens with two attached hydrogens (primary N) is 1. The van der Waals surface area contributed by atoms with Crippen LogP contribution in [-0.2, 0) is 0 Å². The number of hydrogen-bond donors (Lipinski definition) is 2. The molecule has 18 heavy (non-hydrogen) atoms. The number of oxazole rings is 1. The van der Waals surface area contributed by atoms with Gasteiger partial charge >= 0.3 is 6.18 Å². The van der Waals surface area contributed by atoms with Crippen LogP contribution in [0.4, 0.5) is 24.9 Å². The molecule has 0 saturated heterocycles. The number of rotatable bonds is 4. The van der Waals surface area contributed by atoms with E-state index in [0.717, 1.165) is 0 Å². The Labute approximate surface area is 101 Å². The van der Waals surface area contributed by atoms with Crippen molar-refractivity contribution in [3.8, 4) is 0 Å². The molecule has 0 spiro atoms. The number of nitrogens with one attached hydrogen (secondary N) is 1. The highest BCUT2D eigenvalue weighted by molar-refractivity contribution is 5.78. The van der Waals surface area contributed by atoms with E-state index in [1.807, 2.05) is 0 Å². The van der Waals surface area contributed by atoms with E-state index in [-0.39, 0.29) is 19.0 Å². The summed E-state index contributed by atoms with van der Waals surface area (Å²) in [7, 11) is 0. The smallest absolute Gasteiger partial charge is 0.389 e. The number of fused-ring (bicyclic) bond motifs is 1. The van der Waals surface area contributed by atoms with Crippen LogP contribution in [0.15, 0.2) is 22.6 Å². The van der Waals surface area contributed by atoms with Crippen LogP contribution in [0.25, 0.3) is 11.1 Å². The first-order chi connectivity index (χ1) is 8.44. The van der Waals surface area contributed by atoms with E-state index < -0.39 is 12.6 Å². The monoisotopic (exact) mass is 259 g/mol. The van der Waals surface area contributed by atoms with Gasteiger partial charge in [-0.25, -0.2) is 0 Å². The molecule has 3 N–H and O–H groups in total. The van der Waals surface area contributed by atoms with Crippen LogP contribution < -0.4 is 11.1 Å². The summed E-state index contributed by atoms with van der Waals surface area (Å²) in [4.78, 5) is 4.07. The minimum absolute atomic E-state index is 0.0234. The fourth-order valence-corrected chi connectivity index (χ4v) is 1.50. The lowest BCUT2D eigenvalue weighted by Gasteiger charge is -2.05. The van der Waals surface area contributed by atoms with Gasteiger partial charge in [-0.2, -0.15) is 18.2 Å². The topological polar surface area (TPSA) is 64.1 Å². The number of hydrogen-bond acceptors (Lipinski definition) is 4. The summed E-state index contributed by atoms with van der Waals surface area (Å²) < 4.78 is 41.0. The molecule has 0 fully saturated rings. The Kier molecular flexibility index (Phi) is 3.31. The quantitative estimate of drug-likeness (QED) is 0.654. The summed E-state index contributed by atoms with van der Waals surface area (Å²) in [6, 6.07) is 5.18. The predicted molar refractivity (Wildman–Crippen MR) is 62.2 cm³/mol. The first-order valence-electron chi connectivity index (χ1n) is 5.41. The van der Waals surface area contributed by atoms with Crippen molar-refractivity contribution in [2.75, 3.05) is 17.6 Å². The molecule has 98 valence electrons. The summed E-state index contributed by atoms with van der Waals surface area (Å²) in [6.07, 6.45) is -4.98. The Morgan fingerprint density at radius 3 is 2.83 bits per heavy atom. The standard InChI is InChI=1S/C11H12F3N3O/c12-11(13,14)4-1-5-16-10-17-8-6-7(15)2-3-9(8)18-10/h2-3,6H,1,4-5,15H2,(H,16,17). The Morgan fingerprint density at radius 2 is 2.11 bits per heavy atom. The molecule has 7 heteroatoms. The largest absolute Gasteiger partial charge is 0.424 e. The zero-order chi connectivity index (χ0) is 13.2. The Balaban J connectivity index is 1.92.